The Kier molecular flexibility index (Phi) is 11.6. The van der Waals surface area contributed by atoms with E-state index in [0.29, 0.717) is 43.5 Å². The molecule has 0 spiro atoms. The number of carbonyl (C=O) groups is 3. The standard InChI is InChI=1S/C26H34N2O4/c1-2-3-4-13-20-32-26(31)23(28-25(30)22-16-9-6-10-17-22)18-11-12-19-27-24(29)21-14-7-5-8-15-21/h5-10,14-17,23H,2-4,11-13,18-20H2,1H3,(H,27,29)(H,28,30). The maximum absolute atomic E-state index is 12.6. The van der Waals surface area contributed by atoms with E-state index in [-0.39, 0.29) is 11.8 Å². The fourth-order valence-electron chi connectivity index (χ4n) is 3.25. The van der Waals surface area contributed by atoms with Crippen LogP contribution in [0.3, 0.4) is 0 Å². The van der Waals surface area contributed by atoms with Gasteiger partial charge in [-0.25, -0.2) is 4.79 Å². The Morgan fingerprint density at radius 2 is 1.41 bits per heavy atom. The second-order valence-corrected chi connectivity index (χ2v) is 7.74. The molecule has 0 aliphatic rings. The summed E-state index contributed by atoms with van der Waals surface area (Å²) < 4.78 is 5.42. The van der Waals surface area contributed by atoms with E-state index >= 15 is 0 Å². The molecule has 2 aromatic carbocycles. The van der Waals surface area contributed by atoms with Crippen molar-refractivity contribution in [2.75, 3.05) is 13.2 Å². The molecule has 6 nitrogen and oxygen atoms in total. The first kappa shape index (κ1) is 25.1. The van der Waals surface area contributed by atoms with E-state index in [0.717, 1.165) is 25.7 Å². The maximum atomic E-state index is 12.6. The number of rotatable bonds is 14. The summed E-state index contributed by atoms with van der Waals surface area (Å²) in [4.78, 5) is 37.2. The molecule has 0 bridgehead atoms. The number of ether oxygens (including phenoxy) is 1. The van der Waals surface area contributed by atoms with E-state index in [9.17, 15) is 14.4 Å². The summed E-state index contributed by atoms with van der Waals surface area (Å²) in [5.41, 5.74) is 1.12. The molecule has 0 aliphatic carbocycles. The van der Waals surface area contributed by atoms with E-state index < -0.39 is 12.0 Å². The summed E-state index contributed by atoms with van der Waals surface area (Å²) in [5, 5.41) is 5.69. The van der Waals surface area contributed by atoms with Gasteiger partial charge in [-0.15, -0.1) is 0 Å². The van der Waals surface area contributed by atoms with Gasteiger partial charge < -0.3 is 15.4 Å². The Morgan fingerprint density at radius 3 is 2.03 bits per heavy atom. The van der Waals surface area contributed by atoms with E-state index in [1.807, 2.05) is 24.3 Å². The first-order valence-electron chi connectivity index (χ1n) is 11.5. The monoisotopic (exact) mass is 438 g/mol. The third kappa shape index (κ3) is 9.33. The summed E-state index contributed by atoms with van der Waals surface area (Å²) in [6, 6.07) is 17.2. The number of esters is 1. The predicted octanol–water partition coefficient (Wildman–Crippen LogP) is 4.51. The van der Waals surface area contributed by atoms with Gasteiger partial charge in [0.15, 0.2) is 0 Å². The zero-order valence-electron chi connectivity index (χ0n) is 18.8. The molecule has 2 amide bonds. The van der Waals surface area contributed by atoms with Crippen molar-refractivity contribution in [2.45, 2.75) is 57.9 Å². The van der Waals surface area contributed by atoms with Crippen molar-refractivity contribution in [1.29, 1.82) is 0 Å². The summed E-state index contributed by atoms with van der Waals surface area (Å²) in [5.74, 6) is -0.818. The maximum Gasteiger partial charge on any atom is 0.328 e. The van der Waals surface area contributed by atoms with Crippen molar-refractivity contribution < 1.29 is 19.1 Å². The van der Waals surface area contributed by atoms with Crippen LogP contribution in [0, 0.1) is 0 Å². The number of nitrogens with one attached hydrogen (secondary N) is 2. The third-order valence-electron chi connectivity index (χ3n) is 5.11. The summed E-state index contributed by atoms with van der Waals surface area (Å²) in [7, 11) is 0. The molecule has 0 saturated carbocycles. The lowest BCUT2D eigenvalue weighted by atomic mass is 10.1. The van der Waals surface area contributed by atoms with Crippen molar-refractivity contribution >= 4 is 17.8 Å². The van der Waals surface area contributed by atoms with Crippen LogP contribution in [0.4, 0.5) is 0 Å². The zero-order valence-corrected chi connectivity index (χ0v) is 18.8. The highest BCUT2D eigenvalue weighted by molar-refractivity contribution is 5.96. The first-order chi connectivity index (χ1) is 15.6. The molecule has 2 N–H and O–H groups in total. The third-order valence-corrected chi connectivity index (χ3v) is 5.11. The van der Waals surface area contributed by atoms with Crippen molar-refractivity contribution in [3.8, 4) is 0 Å². The second-order valence-electron chi connectivity index (χ2n) is 7.74. The minimum Gasteiger partial charge on any atom is -0.464 e. The van der Waals surface area contributed by atoms with Gasteiger partial charge in [0.2, 0.25) is 0 Å². The summed E-state index contributed by atoms with van der Waals surface area (Å²) >= 11 is 0. The van der Waals surface area contributed by atoms with Gasteiger partial charge in [0.25, 0.3) is 11.8 Å². The Hall–Kier alpha value is -3.15. The van der Waals surface area contributed by atoms with Gasteiger partial charge in [0, 0.05) is 17.7 Å². The Morgan fingerprint density at radius 1 is 0.781 bits per heavy atom. The summed E-state index contributed by atoms with van der Waals surface area (Å²) in [6.07, 6.45) is 5.88. The van der Waals surface area contributed by atoms with Crippen molar-refractivity contribution in [2.24, 2.45) is 0 Å². The van der Waals surface area contributed by atoms with Crippen LogP contribution in [0.15, 0.2) is 60.7 Å². The minimum absolute atomic E-state index is 0.119. The smallest absolute Gasteiger partial charge is 0.328 e. The highest BCUT2D eigenvalue weighted by Crippen LogP contribution is 2.08. The molecule has 1 unspecified atom stereocenters. The number of hydrogen-bond donors (Lipinski definition) is 2. The van der Waals surface area contributed by atoms with Crippen LogP contribution in [-0.4, -0.2) is 37.0 Å². The normalized spacial score (nSPS) is 11.4. The molecule has 0 aliphatic heterocycles. The van der Waals surface area contributed by atoms with Gasteiger partial charge in [0.05, 0.1) is 6.61 Å². The number of benzene rings is 2. The largest absolute Gasteiger partial charge is 0.464 e. The van der Waals surface area contributed by atoms with E-state index in [1.54, 1.807) is 36.4 Å². The lowest BCUT2D eigenvalue weighted by Crippen LogP contribution is -2.42. The van der Waals surface area contributed by atoms with Gasteiger partial charge in [0.1, 0.15) is 6.04 Å². The fourth-order valence-corrected chi connectivity index (χ4v) is 3.25. The molecule has 2 rings (SSSR count). The number of unbranched alkanes of at least 4 members (excludes halogenated alkanes) is 4. The average Bonchev–Trinajstić information content (AvgIpc) is 2.83. The predicted molar refractivity (Wildman–Crippen MR) is 125 cm³/mol. The van der Waals surface area contributed by atoms with Crippen LogP contribution in [0.2, 0.25) is 0 Å². The van der Waals surface area contributed by atoms with Crippen molar-refractivity contribution in [1.82, 2.24) is 10.6 Å². The van der Waals surface area contributed by atoms with Gasteiger partial charge >= 0.3 is 5.97 Å². The first-order valence-corrected chi connectivity index (χ1v) is 11.5. The van der Waals surface area contributed by atoms with Crippen LogP contribution in [0.25, 0.3) is 0 Å². The molecule has 32 heavy (non-hydrogen) atoms. The molecular formula is C26H34N2O4. The molecule has 172 valence electrons. The lowest BCUT2D eigenvalue weighted by molar-refractivity contribution is -0.146. The Balaban J connectivity index is 1.81. The second kappa shape index (κ2) is 14.8. The highest BCUT2D eigenvalue weighted by Gasteiger charge is 2.22. The van der Waals surface area contributed by atoms with Crippen LogP contribution < -0.4 is 10.6 Å². The molecule has 0 aromatic heterocycles. The van der Waals surface area contributed by atoms with Gasteiger partial charge in [-0.2, -0.15) is 0 Å². The van der Waals surface area contributed by atoms with Gasteiger partial charge in [-0.05, 0) is 49.9 Å². The van der Waals surface area contributed by atoms with Crippen molar-refractivity contribution in [3.63, 3.8) is 0 Å². The molecular weight excluding hydrogens is 404 g/mol. The Labute approximate surface area is 190 Å². The van der Waals surface area contributed by atoms with Crippen LogP contribution in [0.5, 0.6) is 0 Å². The molecule has 0 fully saturated rings. The van der Waals surface area contributed by atoms with Crippen LogP contribution >= 0.6 is 0 Å². The van der Waals surface area contributed by atoms with Crippen molar-refractivity contribution in [3.05, 3.63) is 71.8 Å². The molecule has 2 aromatic rings. The van der Waals surface area contributed by atoms with Gasteiger partial charge in [-0.1, -0.05) is 62.6 Å². The van der Waals surface area contributed by atoms with Crippen LogP contribution in [0.1, 0.15) is 72.6 Å². The molecule has 0 radical (unpaired) electrons. The minimum atomic E-state index is -0.710. The fraction of sp³-hybridized carbons (Fsp3) is 0.423. The molecule has 0 saturated heterocycles. The number of amides is 2. The van der Waals surface area contributed by atoms with Crippen LogP contribution in [-0.2, 0) is 9.53 Å². The quantitative estimate of drug-likeness (QED) is 0.336. The van der Waals surface area contributed by atoms with E-state index in [2.05, 4.69) is 17.6 Å². The number of hydrogen-bond acceptors (Lipinski definition) is 4. The highest BCUT2D eigenvalue weighted by atomic mass is 16.5. The summed E-state index contributed by atoms with van der Waals surface area (Å²) in [6.45, 7) is 2.99. The van der Waals surface area contributed by atoms with E-state index in [1.165, 1.54) is 0 Å². The topological polar surface area (TPSA) is 84.5 Å². The molecule has 1 atom stereocenters. The molecule has 0 heterocycles. The number of carbonyl (C=O) groups excluding carboxylic acids is 3. The lowest BCUT2D eigenvalue weighted by Gasteiger charge is -2.18. The zero-order chi connectivity index (χ0) is 23.0. The Bertz CT molecular complexity index is 824. The average molecular weight is 439 g/mol. The SMILES string of the molecule is CCCCCCOC(=O)C(CCCCNC(=O)c1ccccc1)NC(=O)c1ccccc1. The molecule has 6 heteroatoms. The van der Waals surface area contributed by atoms with E-state index in [4.69, 9.17) is 4.74 Å². The van der Waals surface area contributed by atoms with Gasteiger partial charge in [-0.3, -0.25) is 9.59 Å².